The molecule has 14 aromatic rings. The summed E-state index contributed by atoms with van der Waals surface area (Å²) in [5.41, 5.74) is 17.5. The van der Waals surface area contributed by atoms with Gasteiger partial charge >= 0.3 is 0 Å². The van der Waals surface area contributed by atoms with E-state index in [1.165, 1.54) is 148 Å². The fourth-order valence-corrected chi connectivity index (χ4v) is 12.5. The summed E-state index contributed by atoms with van der Waals surface area (Å²) in [6, 6.07) is 93.0. The molecular formula is C72H47N. The van der Waals surface area contributed by atoms with Gasteiger partial charge in [0.05, 0.1) is 5.52 Å². The molecule has 0 saturated heterocycles. The van der Waals surface area contributed by atoms with Crippen LogP contribution >= 0.6 is 0 Å². The number of hydrogen-bond acceptors (Lipinski definition) is 0. The number of hydrogen-bond donors (Lipinski definition) is 0. The van der Waals surface area contributed by atoms with Gasteiger partial charge in [-0.05, 0) is 176 Å². The highest BCUT2D eigenvalue weighted by atomic mass is 15.0. The van der Waals surface area contributed by atoms with E-state index < -0.39 is 0 Å². The van der Waals surface area contributed by atoms with Gasteiger partial charge in [0.1, 0.15) is 0 Å². The van der Waals surface area contributed by atoms with Gasteiger partial charge in [0, 0.05) is 22.3 Å². The van der Waals surface area contributed by atoms with Crippen molar-refractivity contribution < 1.29 is 0 Å². The van der Waals surface area contributed by atoms with Gasteiger partial charge in [-0.1, -0.05) is 218 Å². The summed E-state index contributed by atoms with van der Waals surface area (Å²) < 4.78 is 2.48. The Balaban J connectivity index is 0.906. The van der Waals surface area contributed by atoms with E-state index in [1.807, 2.05) is 0 Å². The SMILES string of the molecule is C1=Cc2c(n(-c3ccc(-c4c5ccccc5c(-c5cccc(-c6ccc7c(-c8ccc9ccccc9c8)c8ccccc8c(-c8ccc9ccccc9c8)c7c6)c5)c5ccccc45)cc3)c3ccccc23)CC1. The van der Waals surface area contributed by atoms with Gasteiger partial charge in [-0.15, -0.1) is 0 Å². The third-order valence-corrected chi connectivity index (χ3v) is 15.8. The Bertz CT molecular complexity index is 4540. The monoisotopic (exact) mass is 925 g/mol. The molecule has 15 rings (SSSR count). The lowest BCUT2D eigenvalue weighted by atomic mass is 9.83. The zero-order valence-corrected chi connectivity index (χ0v) is 40.2. The molecule has 0 fully saturated rings. The number of allylic oxidation sites excluding steroid dienone is 1. The van der Waals surface area contributed by atoms with Gasteiger partial charge in [0.2, 0.25) is 0 Å². The van der Waals surface area contributed by atoms with Crippen molar-refractivity contribution in [2.75, 3.05) is 0 Å². The molecule has 0 aliphatic heterocycles. The van der Waals surface area contributed by atoms with Crippen LogP contribution in [-0.4, -0.2) is 4.57 Å². The molecule has 1 aromatic heterocycles. The summed E-state index contributed by atoms with van der Waals surface area (Å²) >= 11 is 0. The van der Waals surface area contributed by atoms with Crippen molar-refractivity contribution in [2.45, 2.75) is 12.8 Å². The Morgan fingerprint density at radius 1 is 0.274 bits per heavy atom. The quantitative estimate of drug-likeness (QED) is 0.146. The van der Waals surface area contributed by atoms with Gasteiger partial charge in [-0.3, -0.25) is 0 Å². The van der Waals surface area contributed by atoms with Crippen molar-refractivity contribution in [1.82, 2.24) is 4.57 Å². The maximum absolute atomic E-state index is 2.48. The lowest BCUT2D eigenvalue weighted by Crippen LogP contribution is -2.02. The zero-order chi connectivity index (χ0) is 48.0. The van der Waals surface area contributed by atoms with Gasteiger partial charge in [-0.2, -0.15) is 0 Å². The second-order valence-corrected chi connectivity index (χ2v) is 19.8. The second-order valence-electron chi connectivity index (χ2n) is 19.8. The summed E-state index contributed by atoms with van der Waals surface area (Å²) in [6.07, 6.45) is 6.73. The van der Waals surface area contributed by atoms with Crippen molar-refractivity contribution in [3.8, 4) is 61.3 Å². The third-order valence-electron chi connectivity index (χ3n) is 15.8. The van der Waals surface area contributed by atoms with E-state index in [9.17, 15) is 0 Å². The predicted molar refractivity (Wildman–Crippen MR) is 313 cm³/mol. The minimum atomic E-state index is 1.04. The molecule has 0 atom stereocenters. The molecule has 0 bridgehead atoms. The molecule has 0 saturated carbocycles. The predicted octanol–water partition coefficient (Wildman–Crippen LogP) is 19.8. The average Bonchev–Trinajstić information content (AvgIpc) is 3.80. The van der Waals surface area contributed by atoms with Crippen LogP contribution in [0.15, 0.2) is 255 Å². The maximum atomic E-state index is 2.48. The molecule has 13 aromatic carbocycles. The molecular weight excluding hydrogens is 879 g/mol. The minimum absolute atomic E-state index is 1.04. The van der Waals surface area contributed by atoms with Crippen LogP contribution in [0.3, 0.4) is 0 Å². The van der Waals surface area contributed by atoms with Gasteiger partial charge in [0.25, 0.3) is 0 Å². The molecule has 1 aliphatic carbocycles. The fourth-order valence-electron chi connectivity index (χ4n) is 12.5. The Kier molecular flexibility index (Phi) is 9.47. The molecule has 0 unspecified atom stereocenters. The number of para-hydroxylation sites is 1. The maximum Gasteiger partial charge on any atom is 0.0537 e. The molecule has 340 valence electrons. The lowest BCUT2D eigenvalue weighted by Gasteiger charge is -2.20. The average molecular weight is 926 g/mol. The summed E-state index contributed by atoms with van der Waals surface area (Å²) in [6.45, 7) is 0. The highest BCUT2D eigenvalue weighted by Gasteiger charge is 2.22. The van der Waals surface area contributed by atoms with E-state index in [2.05, 4.69) is 265 Å². The molecule has 1 heterocycles. The number of aromatic nitrogens is 1. The van der Waals surface area contributed by atoms with Crippen LogP contribution in [0.1, 0.15) is 17.7 Å². The molecule has 1 heteroatoms. The summed E-state index contributed by atoms with van der Waals surface area (Å²) in [7, 11) is 0. The molecule has 73 heavy (non-hydrogen) atoms. The van der Waals surface area contributed by atoms with Crippen LogP contribution in [0, 0.1) is 0 Å². The van der Waals surface area contributed by atoms with Crippen LogP contribution in [-0.2, 0) is 6.42 Å². The van der Waals surface area contributed by atoms with Crippen LogP contribution < -0.4 is 0 Å². The van der Waals surface area contributed by atoms with E-state index in [1.54, 1.807) is 0 Å². The van der Waals surface area contributed by atoms with Crippen molar-refractivity contribution in [2.24, 2.45) is 0 Å². The summed E-state index contributed by atoms with van der Waals surface area (Å²) in [4.78, 5) is 0. The van der Waals surface area contributed by atoms with Crippen molar-refractivity contribution in [3.63, 3.8) is 0 Å². The second kappa shape index (κ2) is 16.7. The molecule has 0 N–H and O–H groups in total. The van der Waals surface area contributed by atoms with Crippen LogP contribution in [0.25, 0.3) is 143 Å². The van der Waals surface area contributed by atoms with Crippen LogP contribution in [0.5, 0.6) is 0 Å². The van der Waals surface area contributed by atoms with Crippen LogP contribution in [0.2, 0.25) is 0 Å². The van der Waals surface area contributed by atoms with Crippen molar-refractivity contribution in [3.05, 3.63) is 266 Å². The topological polar surface area (TPSA) is 4.93 Å². The normalized spacial score (nSPS) is 12.5. The molecule has 0 amide bonds. The van der Waals surface area contributed by atoms with Crippen molar-refractivity contribution >= 4 is 81.6 Å². The number of rotatable bonds is 6. The first-order chi connectivity index (χ1) is 36.2. The smallest absolute Gasteiger partial charge is 0.0537 e. The highest BCUT2D eigenvalue weighted by molar-refractivity contribution is 6.24. The summed E-state index contributed by atoms with van der Waals surface area (Å²) in [5, 5.41) is 16.3. The zero-order valence-electron chi connectivity index (χ0n) is 40.2. The molecule has 0 spiro atoms. The van der Waals surface area contributed by atoms with Crippen molar-refractivity contribution in [1.29, 1.82) is 0 Å². The van der Waals surface area contributed by atoms with Crippen LogP contribution in [0.4, 0.5) is 0 Å². The van der Waals surface area contributed by atoms with E-state index in [4.69, 9.17) is 0 Å². The number of benzene rings is 13. The Morgan fingerprint density at radius 2 is 0.699 bits per heavy atom. The fraction of sp³-hybridized carbons (Fsp3) is 0.0278. The third kappa shape index (κ3) is 6.63. The van der Waals surface area contributed by atoms with E-state index >= 15 is 0 Å². The molecule has 1 nitrogen and oxygen atoms in total. The lowest BCUT2D eigenvalue weighted by molar-refractivity contribution is 0.888. The van der Waals surface area contributed by atoms with E-state index in [-0.39, 0.29) is 0 Å². The minimum Gasteiger partial charge on any atom is -0.313 e. The number of fused-ring (bicyclic) bond motifs is 9. The first kappa shape index (κ1) is 41.5. The van der Waals surface area contributed by atoms with Gasteiger partial charge in [0.15, 0.2) is 0 Å². The first-order valence-corrected chi connectivity index (χ1v) is 25.6. The van der Waals surface area contributed by atoms with E-state index in [0.717, 1.165) is 12.8 Å². The first-order valence-electron chi connectivity index (χ1n) is 25.6. The van der Waals surface area contributed by atoms with Gasteiger partial charge < -0.3 is 4.57 Å². The Morgan fingerprint density at radius 3 is 1.29 bits per heavy atom. The Labute approximate surface area is 424 Å². The standard InChI is InChI=1S/C72H47N/c1-3-18-49-42-54(34-32-46(49)16-1)71-63-28-9-10-29-64(63)72(55-35-33-47-17-2-4-19-50(47)43-55)66-45-52(38-41-65(66)71)51-20-15-21-53(44-51)70-61-26-7-5-24-59(61)69(60-25-6-8-27-62(60)70)48-36-39-56(40-37-48)73-67-30-13-11-22-57(67)58-23-12-14-31-68(58)73/h1-13,15-30,32-45H,14,31H2. The number of nitrogens with zero attached hydrogens (tertiary/aromatic N) is 1. The van der Waals surface area contributed by atoms with Gasteiger partial charge in [-0.25, -0.2) is 0 Å². The highest BCUT2D eigenvalue weighted by Crippen LogP contribution is 2.48. The van der Waals surface area contributed by atoms with E-state index in [0.29, 0.717) is 0 Å². The largest absolute Gasteiger partial charge is 0.313 e. The Hall–Kier alpha value is -9.30. The summed E-state index contributed by atoms with van der Waals surface area (Å²) in [5.74, 6) is 0. The molecule has 1 aliphatic rings. The molecule has 0 radical (unpaired) electrons.